The predicted octanol–water partition coefficient (Wildman–Crippen LogP) is -1.31. The van der Waals surface area contributed by atoms with Crippen molar-refractivity contribution in [2.75, 3.05) is 52.6 Å². The molecule has 2 amide bonds. The Labute approximate surface area is 156 Å². The van der Waals surface area contributed by atoms with Gasteiger partial charge in [0, 0.05) is 26.2 Å². The van der Waals surface area contributed by atoms with Crippen molar-refractivity contribution < 1.29 is 30.0 Å². The molecule has 0 heterocycles. The van der Waals surface area contributed by atoms with Gasteiger partial charge in [-0.05, 0) is 45.2 Å². The molecule has 0 aromatic carbocycles. The number of hydrogen-bond donors (Lipinski definition) is 4. The molecule has 0 spiro atoms. The number of aliphatic hydroxyl groups is 4. The zero-order chi connectivity index (χ0) is 17.1. The van der Waals surface area contributed by atoms with Crippen LogP contribution in [-0.2, 0) is 9.59 Å². The summed E-state index contributed by atoms with van der Waals surface area (Å²) in [4.78, 5) is 27.0. The highest BCUT2D eigenvalue weighted by Gasteiger charge is 2.24. The zero-order valence-corrected chi connectivity index (χ0v) is 16.2. The molecule has 0 aromatic rings. The minimum atomic E-state index is -0.464. The highest BCUT2D eigenvalue weighted by atomic mass is 127. The lowest BCUT2D eigenvalue weighted by Crippen LogP contribution is -2.38. The Morgan fingerprint density at radius 3 is 1.05 bits per heavy atom. The lowest BCUT2D eigenvalue weighted by molar-refractivity contribution is -0.129. The molecule has 0 rings (SSSR count). The van der Waals surface area contributed by atoms with Crippen molar-refractivity contribution in [1.29, 1.82) is 0 Å². The van der Waals surface area contributed by atoms with Crippen LogP contribution in [0.15, 0.2) is 7.16 Å². The molecule has 0 aliphatic heterocycles. The Balaban J connectivity index is 5.21. The van der Waals surface area contributed by atoms with E-state index in [9.17, 15) is 9.59 Å². The molecule has 0 radical (unpaired) electrons. The lowest BCUT2D eigenvalue weighted by atomic mass is 10.3. The molecule has 0 unspecified atom stereocenters. The molecule has 22 heavy (non-hydrogen) atoms. The van der Waals surface area contributed by atoms with Crippen molar-refractivity contribution in [1.82, 2.24) is 9.80 Å². The van der Waals surface area contributed by atoms with Gasteiger partial charge in [0.25, 0.3) is 11.8 Å². The molecule has 0 saturated heterocycles. The maximum atomic E-state index is 12.3. The van der Waals surface area contributed by atoms with Gasteiger partial charge < -0.3 is 30.2 Å². The van der Waals surface area contributed by atoms with Crippen molar-refractivity contribution >= 4 is 57.0 Å². The van der Waals surface area contributed by atoms with Crippen molar-refractivity contribution in [3.8, 4) is 0 Å². The van der Waals surface area contributed by atoms with Crippen molar-refractivity contribution in [3.05, 3.63) is 7.16 Å². The Morgan fingerprint density at radius 1 is 0.636 bits per heavy atom. The molecular weight excluding hydrogens is 522 g/mol. The van der Waals surface area contributed by atoms with E-state index < -0.39 is 11.8 Å². The Kier molecular flexibility index (Phi) is 12.4. The number of carbonyl (C=O) groups excluding carboxylic acids is 2. The summed E-state index contributed by atoms with van der Waals surface area (Å²) in [5, 5.41) is 35.8. The molecule has 10 heteroatoms. The summed E-state index contributed by atoms with van der Waals surface area (Å²) in [6, 6.07) is 0. The summed E-state index contributed by atoms with van der Waals surface area (Å²) < 4.78 is 0.317. The molecule has 0 aliphatic rings. The van der Waals surface area contributed by atoms with Crippen LogP contribution in [0.2, 0.25) is 0 Å². The third-order valence-corrected chi connectivity index (χ3v) is 5.66. The smallest absolute Gasteiger partial charge is 0.261 e. The van der Waals surface area contributed by atoms with Crippen LogP contribution in [0.5, 0.6) is 0 Å². The Morgan fingerprint density at radius 2 is 0.864 bits per heavy atom. The molecular formula is C12H20I2N2O6. The summed E-state index contributed by atoms with van der Waals surface area (Å²) in [6.07, 6.45) is 0. The SMILES string of the molecule is O=C(C(I)=C(I)C(=O)N(CCO)CCO)N(CCO)CCO. The van der Waals surface area contributed by atoms with Gasteiger partial charge in [-0.25, -0.2) is 0 Å². The summed E-state index contributed by atoms with van der Waals surface area (Å²) in [5.41, 5.74) is 0. The van der Waals surface area contributed by atoms with Gasteiger partial charge in [-0.15, -0.1) is 0 Å². The van der Waals surface area contributed by atoms with E-state index in [1.54, 1.807) is 45.2 Å². The van der Waals surface area contributed by atoms with Gasteiger partial charge in [-0.3, -0.25) is 9.59 Å². The van der Waals surface area contributed by atoms with Gasteiger partial charge in [0.2, 0.25) is 0 Å². The molecule has 0 aliphatic carbocycles. The normalized spacial score (nSPS) is 11.9. The summed E-state index contributed by atoms with van der Waals surface area (Å²) in [6.45, 7) is -0.769. The largest absolute Gasteiger partial charge is 0.395 e. The number of hydrogen-bond acceptors (Lipinski definition) is 6. The first kappa shape index (κ1) is 22.0. The average Bonchev–Trinajstić information content (AvgIpc) is 2.51. The number of halogens is 2. The van der Waals surface area contributed by atoms with E-state index in [4.69, 9.17) is 20.4 Å². The van der Waals surface area contributed by atoms with Gasteiger partial charge in [0.05, 0.1) is 33.6 Å². The van der Waals surface area contributed by atoms with E-state index in [0.717, 1.165) is 0 Å². The van der Waals surface area contributed by atoms with Crippen LogP contribution in [-0.4, -0.2) is 94.6 Å². The fraction of sp³-hybridized carbons (Fsp3) is 0.667. The minimum absolute atomic E-state index is 0.0565. The van der Waals surface area contributed by atoms with Gasteiger partial charge in [0.15, 0.2) is 0 Å². The van der Waals surface area contributed by atoms with Crippen molar-refractivity contribution in [2.45, 2.75) is 0 Å². The van der Waals surface area contributed by atoms with Crippen LogP contribution < -0.4 is 0 Å². The van der Waals surface area contributed by atoms with Crippen LogP contribution >= 0.6 is 45.2 Å². The topological polar surface area (TPSA) is 122 Å². The first-order valence-electron chi connectivity index (χ1n) is 6.51. The number of nitrogens with zero attached hydrogens (tertiary/aromatic N) is 2. The summed E-state index contributed by atoms with van der Waals surface area (Å²) in [7, 11) is 0. The van der Waals surface area contributed by atoms with Crippen LogP contribution in [0.4, 0.5) is 0 Å². The fourth-order valence-corrected chi connectivity index (χ4v) is 2.72. The third-order valence-electron chi connectivity index (χ3n) is 2.62. The minimum Gasteiger partial charge on any atom is -0.395 e. The summed E-state index contributed by atoms with van der Waals surface area (Å²) in [5.74, 6) is -0.927. The maximum absolute atomic E-state index is 12.3. The molecule has 0 aromatic heterocycles. The second-order valence-electron chi connectivity index (χ2n) is 4.11. The monoisotopic (exact) mass is 542 g/mol. The summed E-state index contributed by atoms with van der Waals surface area (Å²) >= 11 is 3.48. The van der Waals surface area contributed by atoms with E-state index in [0.29, 0.717) is 0 Å². The fourth-order valence-electron chi connectivity index (χ4n) is 1.58. The van der Waals surface area contributed by atoms with Crippen LogP contribution in [0.1, 0.15) is 0 Å². The first-order chi connectivity index (χ1) is 10.4. The van der Waals surface area contributed by atoms with Gasteiger partial charge in [-0.1, -0.05) is 0 Å². The lowest BCUT2D eigenvalue weighted by Gasteiger charge is -2.23. The van der Waals surface area contributed by atoms with Crippen LogP contribution in [0.25, 0.3) is 0 Å². The molecule has 4 N–H and O–H groups in total. The second kappa shape index (κ2) is 12.4. The molecule has 0 fully saturated rings. The molecule has 0 atom stereocenters. The first-order valence-corrected chi connectivity index (χ1v) is 8.67. The van der Waals surface area contributed by atoms with Gasteiger partial charge >= 0.3 is 0 Å². The van der Waals surface area contributed by atoms with E-state index in [2.05, 4.69) is 0 Å². The molecule has 128 valence electrons. The van der Waals surface area contributed by atoms with Crippen LogP contribution in [0, 0.1) is 0 Å². The van der Waals surface area contributed by atoms with E-state index in [1.807, 2.05) is 0 Å². The second-order valence-corrected chi connectivity index (χ2v) is 6.26. The highest BCUT2D eigenvalue weighted by Crippen LogP contribution is 2.23. The standard InChI is InChI=1S/C12H20I2N2O6/c13-9(11(21)15(1-5-17)2-6-18)10(14)12(22)16(3-7-19)4-8-20/h17-20H,1-8H2. The molecule has 8 nitrogen and oxygen atoms in total. The number of carbonyl (C=O) groups is 2. The third kappa shape index (κ3) is 7.04. The van der Waals surface area contributed by atoms with E-state index in [1.165, 1.54) is 9.80 Å². The van der Waals surface area contributed by atoms with Gasteiger partial charge in [0.1, 0.15) is 0 Å². The number of amides is 2. The van der Waals surface area contributed by atoms with Crippen LogP contribution in [0.3, 0.4) is 0 Å². The van der Waals surface area contributed by atoms with Crippen molar-refractivity contribution in [3.63, 3.8) is 0 Å². The van der Waals surface area contributed by atoms with E-state index >= 15 is 0 Å². The van der Waals surface area contributed by atoms with Crippen molar-refractivity contribution in [2.24, 2.45) is 0 Å². The molecule has 0 bridgehead atoms. The maximum Gasteiger partial charge on any atom is 0.261 e. The zero-order valence-electron chi connectivity index (χ0n) is 11.9. The molecule has 0 saturated carbocycles. The van der Waals surface area contributed by atoms with E-state index in [-0.39, 0.29) is 59.8 Å². The Hall–Kier alpha value is -0.0200. The Bertz CT molecular complexity index is 357. The number of aliphatic hydroxyl groups excluding tert-OH is 4. The number of rotatable bonds is 10. The quantitative estimate of drug-likeness (QED) is 0.201. The van der Waals surface area contributed by atoms with Gasteiger partial charge in [-0.2, -0.15) is 0 Å². The average molecular weight is 542 g/mol. The predicted molar refractivity (Wildman–Crippen MR) is 96.6 cm³/mol. The highest BCUT2D eigenvalue weighted by molar-refractivity contribution is 14.1.